The number of hydrogen-bond acceptors (Lipinski definition) is 5. The summed E-state index contributed by atoms with van der Waals surface area (Å²) in [4.78, 5) is 27.9. The Labute approximate surface area is 175 Å². The first-order valence-corrected chi connectivity index (χ1v) is 11.7. The second kappa shape index (κ2) is 8.93. The molecule has 1 N–H and O–H groups in total. The third kappa shape index (κ3) is 4.11. The van der Waals surface area contributed by atoms with Gasteiger partial charge in [0.2, 0.25) is 5.91 Å². The molecule has 0 spiro atoms. The molecule has 8 heteroatoms. The first-order valence-electron chi connectivity index (χ1n) is 10.5. The fourth-order valence-electron chi connectivity index (χ4n) is 4.49. The van der Waals surface area contributed by atoms with Crippen molar-refractivity contribution in [3.63, 3.8) is 0 Å². The van der Waals surface area contributed by atoms with Gasteiger partial charge < -0.3 is 10.1 Å². The number of amides is 1. The zero-order valence-corrected chi connectivity index (χ0v) is 17.9. The van der Waals surface area contributed by atoms with Gasteiger partial charge in [-0.25, -0.2) is 4.79 Å². The minimum absolute atomic E-state index is 0.00904. The molecule has 2 aliphatic heterocycles. The van der Waals surface area contributed by atoms with E-state index in [4.69, 9.17) is 4.74 Å². The number of ether oxygens (including phenoxy) is 1. The summed E-state index contributed by atoms with van der Waals surface area (Å²) in [6, 6.07) is 7.78. The van der Waals surface area contributed by atoms with E-state index >= 15 is 0 Å². The molecule has 158 valence electrons. The van der Waals surface area contributed by atoms with Crippen molar-refractivity contribution in [3.8, 4) is 0 Å². The summed E-state index contributed by atoms with van der Waals surface area (Å²) >= 11 is 1.96. The molecule has 2 aromatic rings. The van der Waals surface area contributed by atoms with E-state index in [-0.39, 0.29) is 17.1 Å². The van der Waals surface area contributed by atoms with E-state index in [1.54, 1.807) is 9.13 Å². The predicted molar refractivity (Wildman–Crippen MR) is 117 cm³/mol. The van der Waals surface area contributed by atoms with Crippen molar-refractivity contribution >= 4 is 28.7 Å². The van der Waals surface area contributed by atoms with E-state index in [0.29, 0.717) is 26.1 Å². The van der Waals surface area contributed by atoms with Crippen LogP contribution in [0.2, 0.25) is 0 Å². The second-order valence-electron chi connectivity index (χ2n) is 7.82. The Hall–Kier alpha value is -1.77. The lowest BCUT2D eigenvalue weighted by Crippen LogP contribution is -2.59. The maximum absolute atomic E-state index is 12.7. The van der Waals surface area contributed by atoms with E-state index < -0.39 is 0 Å². The lowest BCUT2D eigenvalue weighted by molar-refractivity contribution is -0.122. The summed E-state index contributed by atoms with van der Waals surface area (Å²) < 4.78 is 8.99. The van der Waals surface area contributed by atoms with Gasteiger partial charge in [0.25, 0.3) is 0 Å². The average molecular weight is 419 g/mol. The summed E-state index contributed by atoms with van der Waals surface area (Å²) in [6.45, 7) is 7.07. The quantitative estimate of drug-likeness (QED) is 0.739. The number of thioether (sulfide) groups is 1. The van der Waals surface area contributed by atoms with Crippen molar-refractivity contribution in [2.24, 2.45) is 0 Å². The highest BCUT2D eigenvalue weighted by atomic mass is 32.2. The number of aryl methyl sites for hydroxylation is 2. The Morgan fingerprint density at radius 3 is 2.59 bits per heavy atom. The van der Waals surface area contributed by atoms with Gasteiger partial charge in [-0.05, 0) is 31.2 Å². The van der Waals surface area contributed by atoms with Crippen molar-refractivity contribution in [2.45, 2.75) is 38.4 Å². The summed E-state index contributed by atoms with van der Waals surface area (Å²) in [7, 11) is 0. The maximum atomic E-state index is 12.7. The SMILES string of the molecule is CCn1c(=O)n(CCC(=O)NCC2(N3CCOCC3)CCSC2)c2ccccc21. The van der Waals surface area contributed by atoms with E-state index in [2.05, 4.69) is 10.2 Å². The molecule has 7 nitrogen and oxygen atoms in total. The number of fused-ring (bicyclic) bond motifs is 1. The van der Waals surface area contributed by atoms with Gasteiger partial charge in [-0.15, -0.1) is 0 Å². The summed E-state index contributed by atoms with van der Waals surface area (Å²) in [5.74, 6) is 2.20. The number of morpholine rings is 1. The number of nitrogens with one attached hydrogen (secondary N) is 1. The van der Waals surface area contributed by atoms with Crippen molar-refractivity contribution in [2.75, 3.05) is 44.4 Å². The Morgan fingerprint density at radius 2 is 1.93 bits per heavy atom. The predicted octanol–water partition coefficient (Wildman–Crippen LogP) is 1.54. The van der Waals surface area contributed by atoms with Crippen LogP contribution in [0.25, 0.3) is 11.0 Å². The first-order chi connectivity index (χ1) is 14.1. The lowest BCUT2D eigenvalue weighted by atomic mass is 9.95. The number of benzene rings is 1. The van der Waals surface area contributed by atoms with E-state index in [9.17, 15) is 9.59 Å². The van der Waals surface area contributed by atoms with Crippen molar-refractivity contribution < 1.29 is 9.53 Å². The van der Waals surface area contributed by atoms with Crippen molar-refractivity contribution in [3.05, 3.63) is 34.7 Å². The molecule has 2 saturated heterocycles. The molecule has 1 unspecified atom stereocenters. The molecule has 4 rings (SSSR count). The minimum Gasteiger partial charge on any atom is -0.379 e. The number of carbonyl (C=O) groups is 1. The molecule has 29 heavy (non-hydrogen) atoms. The topological polar surface area (TPSA) is 68.5 Å². The van der Waals surface area contributed by atoms with Crippen LogP contribution in [-0.4, -0.2) is 69.8 Å². The molecule has 0 bridgehead atoms. The largest absolute Gasteiger partial charge is 0.379 e. The van der Waals surface area contributed by atoms with Crippen LogP contribution in [0, 0.1) is 0 Å². The van der Waals surface area contributed by atoms with Crippen molar-refractivity contribution in [1.82, 2.24) is 19.4 Å². The molecule has 1 aromatic carbocycles. The molecule has 0 aliphatic carbocycles. The van der Waals surface area contributed by atoms with Crippen LogP contribution >= 0.6 is 11.8 Å². The minimum atomic E-state index is -0.0431. The lowest BCUT2D eigenvalue weighted by Gasteiger charge is -2.43. The molecule has 1 atom stereocenters. The van der Waals surface area contributed by atoms with Gasteiger partial charge in [-0.1, -0.05) is 12.1 Å². The first kappa shape index (κ1) is 20.5. The van der Waals surface area contributed by atoms with Crippen LogP contribution in [-0.2, 0) is 22.6 Å². The molecular formula is C21H30N4O3S. The van der Waals surface area contributed by atoms with Crippen LogP contribution in [0.15, 0.2) is 29.1 Å². The second-order valence-corrected chi connectivity index (χ2v) is 8.93. The van der Waals surface area contributed by atoms with Gasteiger partial charge in [-0.2, -0.15) is 11.8 Å². The Kier molecular flexibility index (Phi) is 6.32. The summed E-state index contributed by atoms with van der Waals surface area (Å²) in [5, 5.41) is 3.16. The van der Waals surface area contributed by atoms with Crippen LogP contribution in [0.4, 0.5) is 0 Å². The molecule has 2 fully saturated rings. The number of carbonyl (C=O) groups excluding carboxylic acids is 1. The van der Waals surface area contributed by atoms with Gasteiger partial charge >= 0.3 is 5.69 Å². The van der Waals surface area contributed by atoms with Gasteiger partial charge in [-0.3, -0.25) is 18.8 Å². The van der Waals surface area contributed by atoms with Crippen LogP contribution in [0.5, 0.6) is 0 Å². The number of imidazole rings is 1. The van der Waals surface area contributed by atoms with Gasteiger partial charge in [0.05, 0.1) is 24.2 Å². The molecule has 2 aliphatic rings. The smallest absolute Gasteiger partial charge is 0.329 e. The number of aromatic nitrogens is 2. The highest BCUT2D eigenvalue weighted by Crippen LogP contribution is 2.33. The monoisotopic (exact) mass is 418 g/mol. The van der Waals surface area contributed by atoms with Crippen LogP contribution in [0.1, 0.15) is 19.8 Å². The number of rotatable bonds is 7. The fourth-order valence-corrected chi connectivity index (χ4v) is 5.97. The summed E-state index contributed by atoms with van der Waals surface area (Å²) in [6.07, 6.45) is 1.41. The Balaban J connectivity index is 1.40. The van der Waals surface area contributed by atoms with E-state index in [1.165, 1.54) is 0 Å². The van der Waals surface area contributed by atoms with E-state index in [1.807, 2.05) is 43.0 Å². The number of para-hydroxylation sites is 2. The molecule has 0 radical (unpaired) electrons. The molecule has 3 heterocycles. The normalized spacial score (nSPS) is 22.9. The van der Waals surface area contributed by atoms with Gasteiger partial charge in [0, 0.05) is 50.4 Å². The van der Waals surface area contributed by atoms with Crippen molar-refractivity contribution in [1.29, 1.82) is 0 Å². The van der Waals surface area contributed by atoms with E-state index in [0.717, 1.165) is 55.3 Å². The molecule has 0 saturated carbocycles. The maximum Gasteiger partial charge on any atom is 0.329 e. The Morgan fingerprint density at radius 1 is 1.21 bits per heavy atom. The van der Waals surface area contributed by atoms with Crippen LogP contribution in [0.3, 0.4) is 0 Å². The standard InChI is InChI=1S/C21H30N4O3S/c1-2-24-17-5-3-4-6-18(17)25(20(24)27)9-7-19(26)22-15-21(8-14-29-16-21)23-10-12-28-13-11-23/h3-6H,2,7-16H2,1H3,(H,22,26). The molecule has 1 aromatic heterocycles. The van der Waals surface area contributed by atoms with Crippen LogP contribution < -0.4 is 11.0 Å². The fraction of sp³-hybridized carbons (Fsp3) is 0.619. The summed E-state index contributed by atoms with van der Waals surface area (Å²) in [5.41, 5.74) is 1.82. The third-order valence-corrected chi connectivity index (χ3v) is 7.42. The highest BCUT2D eigenvalue weighted by molar-refractivity contribution is 7.99. The molecular weight excluding hydrogens is 388 g/mol. The number of nitrogens with zero attached hydrogens (tertiary/aromatic N) is 3. The molecule has 1 amide bonds. The Bertz CT molecular complexity index is 910. The number of hydrogen-bond donors (Lipinski definition) is 1. The van der Waals surface area contributed by atoms with Gasteiger partial charge in [0.1, 0.15) is 0 Å². The zero-order chi connectivity index (χ0) is 20.3. The average Bonchev–Trinajstić information content (AvgIpc) is 3.34. The third-order valence-electron chi connectivity index (χ3n) is 6.18. The van der Waals surface area contributed by atoms with Gasteiger partial charge in [0.15, 0.2) is 0 Å². The zero-order valence-electron chi connectivity index (χ0n) is 17.1. The highest BCUT2D eigenvalue weighted by Gasteiger charge is 2.40.